The molecule has 0 rings (SSSR count). The van der Waals surface area contributed by atoms with Crippen molar-refractivity contribution in [2.75, 3.05) is 0 Å². The Morgan fingerprint density at radius 3 is 1.00 bits per heavy atom. The summed E-state index contributed by atoms with van der Waals surface area (Å²) in [6.45, 7) is 14.7. The molecular weight excluding hydrogens is 192 g/mol. The first-order valence-electron chi connectivity index (χ1n) is 3.81. The second kappa shape index (κ2) is 3.14. The van der Waals surface area contributed by atoms with Gasteiger partial charge >= 0.3 is 75.7 Å². The van der Waals surface area contributed by atoms with E-state index in [-0.39, 0.29) is 0 Å². The van der Waals surface area contributed by atoms with Crippen LogP contribution in [-0.4, -0.2) is 16.1 Å². The first-order valence-corrected chi connectivity index (χ1v) is 11.7. The van der Waals surface area contributed by atoms with E-state index in [1.165, 1.54) is 0 Å². The van der Waals surface area contributed by atoms with Gasteiger partial charge in [0.2, 0.25) is 0 Å². The van der Waals surface area contributed by atoms with Crippen LogP contribution < -0.4 is 0 Å². The summed E-state index contributed by atoms with van der Waals surface area (Å²) in [7, 11) is -1.78. The Labute approximate surface area is 75.9 Å². The molecule has 3 heteroatoms. The molecule has 0 aliphatic heterocycles. The molecule has 0 spiro atoms. The summed E-state index contributed by atoms with van der Waals surface area (Å²) in [6.07, 6.45) is 0. The third kappa shape index (κ3) is 3.38. The zero-order valence-corrected chi connectivity index (χ0v) is 11.3. The van der Waals surface area contributed by atoms with Crippen molar-refractivity contribution >= 4 is 16.1 Å². The third-order valence-corrected chi connectivity index (χ3v) is 16.5. The van der Waals surface area contributed by atoms with Crippen molar-refractivity contribution in [2.45, 2.75) is 43.3 Å². The van der Waals surface area contributed by atoms with Crippen molar-refractivity contribution in [1.82, 2.24) is 0 Å². The molecule has 0 aromatic rings. The Morgan fingerprint density at radius 2 is 1.00 bits per heavy atom. The summed E-state index contributed by atoms with van der Waals surface area (Å²) in [5.74, 6) is 0. The zero-order valence-electron chi connectivity index (χ0n) is 7.99. The molecule has 0 atom stereocenters. The Kier molecular flexibility index (Phi) is 3.45. The van der Waals surface area contributed by atoms with Crippen LogP contribution in [0.25, 0.3) is 0 Å². The second-order valence-corrected chi connectivity index (χ2v) is 18.4. The van der Waals surface area contributed by atoms with Crippen molar-refractivity contribution in [3.05, 3.63) is 0 Å². The predicted molar refractivity (Wildman–Crippen MR) is 50.4 cm³/mol. The monoisotopic (exact) mass is 211 g/mol. The van der Waals surface area contributed by atoms with E-state index in [0.717, 1.165) is 4.03 Å². The number of rotatable bonds is 2. The van der Waals surface area contributed by atoms with Gasteiger partial charge in [0.25, 0.3) is 0 Å². The Morgan fingerprint density at radius 1 is 0.800 bits per heavy atom. The fourth-order valence-electron chi connectivity index (χ4n) is 1.30. The van der Waals surface area contributed by atoms with E-state index < -0.39 is 16.1 Å². The van der Waals surface area contributed by atoms with Gasteiger partial charge < -0.3 is 0 Å². The molecule has 0 fully saturated rings. The van der Waals surface area contributed by atoms with Crippen LogP contribution in [0.1, 0.15) is 0 Å². The molecule has 0 bridgehead atoms. The molecule has 0 N–H and O–H groups in total. The summed E-state index contributed by atoms with van der Waals surface area (Å²) in [6, 6.07) is 0. The van der Waals surface area contributed by atoms with E-state index in [1.54, 1.807) is 0 Å². The molecule has 0 nitrogen and oxygen atoms in total. The van der Waals surface area contributed by atoms with Crippen LogP contribution in [0.2, 0.25) is 43.3 Å². The van der Waals surface area contributed by atoms with Crippen LogP contribution in [0.3, 0.4) is 0 Å². The SMILES string of the molecule is C[Si](C)(C)[CH]([Cr])[Si](C)(C)C. The topological polar surface area (TPSA) is 0 Å². The summed E-state index contributed by atoms with van der Waals surface area (Å²) >= 11 is 3.38. The van der Waals surface area contributed by atoms with Crippen LogP contribution >= 0.6 is 0 Å². The van der Waals surface area contributed by atoms with Gasteiger partial charge in [-0.25, -0.2) is 0 Å². The molecule has 0 amide bonds. The number of hydrogen-bond acceptors (Lipinski definition) is 0. The third-order valence-electron chi connectivity index (χ3n) is 1.57. The fourth-order valence-corrected chi connectivity index (χ4v) is 11.7. The maximum atomic E-state index is 3.38. The Hall–Kier alpha value is 0.966. The number of hydrogen-bond donors (Lipinski definition) is 0. The van der Waals surface area contributed by atoms with Crippen LogP contribution in [-0.2, 0) is 16.3 Å². The van der Waals surface area contributed by atoms with Crippen molar-refractivity contribution in [3.63, 3.8) is 0 Å². The van der Waals surface area contributed by atoms with E-state index in [1.807, 2.05) is 0 Å². The van der Waals surface area contributed by atoms with Gasteiger partial charge in [-0.2, -0.15) is 0 Å². The summed E-state index contributed by atoms with van der Waals surface area (Å²) in [4.78, 5) is 0. The average Bonchev–Trinajstić information content (AvgIpc) is 1.59. The van der Waals surface area contributed by atoms with Crippen LogP contribution in [0.4, 0.5) is 0 Å². The molecule has 0 aliphatic rings. The standard InChI is InChI=1S/C7H19Si2.Cr/c1-8(2,3)7-9(4,5)6;/h7H,1-6H3;. The first-order chi connectivity index (χ1) is 4.15. The molecule has 0 saturated heterocycles. The van der Waals surface area contributed by atoms with Crippen molar-refractivity contribution in [1.29, 1.82) is 0 Å². The minimum absolute atomic E-state index is 0.890. The molecule has 61 valence electrons. The molecule has 0 unspecified atom stereocenters. The van der Waals surface area contributed by atoms with Gasteiger partial charge in [-0.3, -0.25) is 0 Å². The van der Waals surface area contributed by atoms with Crippen LogP contribution in [0.15, 0.2) is 0 Å². The average molecular weight is 211 g/mol. The second-order valence-electron chi connectivity index (χ2n) is 5.11. The molecule has 0 radical (unpaired) electrons. The van der Waals surface area contributed by atoms with Crippen molar-refractivity contribution < 1.29 is 16.3 Å². The fraction of sp³-hybridized carbons (Fsp3) is 1.00. The van der Waals surface area contributed by atoms with Gasteiger partial charge in [-0.15, -0.1) is 0 Å². The summed E-state index contributed by atoms with van der Waals surface area (Å²) < 4.78 is 0.917. The van der Waals surface area contributed by atoms with Gasteiger partial charge in [0.15, 0.2) is 0 Å². The zero-order chi connectivity index (χ0) is 8.58. The summed E-state index contributed by atoms with van der Waals surface area (Å²) in [5.41, 5.74) is 0. The summed E-state index contributed by atoms with van der Waals surface area (Å²) in [5, 5.41) is 0. The molecule has 0 heterocycles. The molecule has 0 aliphatic carbocycles. The van der Waals surface area contributed by atoms with Crippen molar-refractivity contribution in [2.24, 2.45) is 0 Å². The predicted octanol–water partition coefficient (Wildman–Crippen LogP) is 3.08. The van der Waals surface area contributed by atoms with Crippen LogP contribution in [0.5, 0.6) is 0 Å². The van der Waals surface area contributed by atoms with Gasteiger partial charge in [0.05, 0.1) is 0 Å². The van der Waals surface area contributed by atoms with Gasteiger partial charge in [0, 0.05) is 0 Å². The van der Waals surface area contributed by atoms with E-state index in [9.17, 15) is 0 Å². The molecule has 0 saturated carbocycles. The minimum atomic E-state index is -0.890. The Balaban J connectivity index is 4.23. The molecule has 10 heavy (non-hydrogen) atoms. The molecule has 0 aromatic carbocycles. The maximum absolute atomic E-state index is 3.38. The first kappa shape index (κ1) is 11.0. The van der Waals surface area contributed by atoms with Crippen molar-refractivity contribution in [3.8, 4) is 0 Å². The van der Waals surface area contributed by atoms with Gasteiger partial charge in [-0.1, -0.05) is 0 Å². The van der Waals surface area contributed by atoms with Crippen LogP contribution in [0, 0.1) is 0 Å². The normalized spacial score (nSPS) is 14.3. The van der Waals surface area contributed by atoms with E-state index in [4.69, 9.17) is 0 Å². The Bertz CT molecular complexity index is 95.8. The molecule has 0 aromatic heterocycles. The van der Waals surface area contributed by atoms with E-state index in [2.05, 4.69) is 55.6 Å². The van der Waals surface area contributed by atoms with E-state index >= 15 is 0 Å². The van der Waals surface area contributed by atoms with Gasteiger partial charge in [0.1, 0.15) is 0 Å². The van der Waals surface area contributed by atoms with E-state index in [0.29, 0.717) is 0 Å². The quantitative estimate of drug-likeness (QED) is 0.616. The van der Waals surface area contributed by atoms with Gasteiger partial charge in [-0.05, 0) is 0 Å². The molecular formula is C7H19CrSi2.